The molecule has 3 rings (SSSR count). The number of nitrogens with zero attached hydrogens (tertiary/aromatic N) is 3. The zero-order valence-electron chi connectivity index (χ0n) is 14.7. The molecule has 0 bridgehead atoms. The molecular formula is C18H20F3N3O2S. The van der Waals surface area contributed by atoms with Gasteiger partial charge >= 0.3 is 6.18 Å². The van der Waals surface area contributed by atoms with Crippen molar-refractivity contribution in [2.45, 2.75) is 12.2 Å². The average molecular weight is 399 g/mol. The molecule has 0 saturated carbocycles. The molecule has 27 heavy (non-hydrogen) atoms. The monoisotopic (exact) mass is 399 g/mol. The van der Waals surface area contributed by atoms with Crippen molar-refractivity contribution < 1.29 is 21.6 Å². The van der Waals surface area contributed by atoms with Gasteiger partial charge < -0.3 is 0 Å². The molecule has 1 fully saturated rings. The van der Waals surface area contributed by atoms with Crippen molar-refractivity contribution in [2.24, 2.45) is 0 Å². The lowest BCUT2D eigenvalue weighted by Crippen LogP contribution is -2.49. The predicted octanol–water partition coefficient (Wildman–Crippen LogP) is 2.77. The number of sulfonamides is 1. The van der Waals surface area contributed by atoms with Crippen molar-refractivity contribution in [1.29, 1.82) is 0 Å². The Bertz CT molecular complexity index is 863. The fraction of sp³-hybridized carbons (Fsp3) is 0.389. The lowest BCUT2D eigenvalue weighted by atomic mass is 9.96. The normalized spacial score (nSPS) is 18.4. The molecular weight excluding hydrogens is 379 g/mol. The van der Waals surface area contributed by atoms with Crippen LogP contribution in [0.1, 0.15) is 22.7 Å². The molecule has 1 atom stereocenters. The topological polar surface area (TPSA) is 53.5 Å². The van der Waals surface area contributed by atoms with Crippen LogP contribution in [-0.2, 0) is 16.2 Å². The minimum absolute atomic E-state index is 0.289. The highest BCUT2D eigenvalue weighted by atomic mass is 32.2. The van der Waals surface area contributed by atoms with Gasteiger partial charge in [0.25, 0.3) is 0 Å². The third-order valence-corrected chi connectivity index (χ3v) is 5.96. The Hall–Kier alpha value is -1.97. The molecule has 1 aromatic heterocycles. The molecule has 0 spiro atoms. The average Bonchev–Trinajstić information content (AvgIpc) is 2.62. The molecule has 1 unspecified atom stereocenters. The van der Waals surface area contributed by atoms with Crippen molar-refractivity contribution in [3.63, 3.8) is 0 Å². The maximum Gasteiger partial charge on any atom is 0.416 e. The number of aromatic nitrogens is 1. The maximum atomic E-state index is 12.9. The highest BCUT2D eigenvalue weighted by molar-refractivity contribution is 7.88. The quantitative estimate of drug-likeness (QED) is 0.794. The third-order valence-electron chi connectivity index (χ3n) is 4.66. The number of pyridine rings is 1. The van der Waals surface area contributed by atoms with Gasteiger partial charge in [-0.2, -0.15) is 17.5 Å². The summed E-state index contributed by atoms with van der Waals surface area (Å²) in [5.74, 6) is 0. The summed E-state index contributed by atoms with van der Waals surface area (Å²) in [6.07, 6.45) is 0.112. The highest BCUT2D eigenvalue weighted by Crippen LogP contribution is 2.33. The number of hydrogen-bond donors (Lipinski definition) is 0. The van der Waals surface area contributed by atoms with E-state index in [1.54, 1.807) is 18.5 Å². The summed E-state index contributed by atoms with van der Waals surface area (Å²) in [6.45, 7) is 1.65. The van der Waals surface area contributed by atoms with Gasteiger partial charge in [-0.1, -0.05) is 18.2 Å². The standard InChI is InChI=1S/C18H20F3N3O2S/c1-27(25,26)24-11-9-23(10-12-24)17(15-3-2-8-22-13-15)14-4-6-16(7-5-14)18(19,20)21/h2-8,13,17H,9-12H2,1H3. The summed E-state index contributed by atoms with van der Waals surface area (Å²) in [5, 5.41) is 0. The number of hydrogen-bond acceptors (Lipinski definition) is 4. The van der Waals surface area contributed by atoms with Crippen molar-refractivity contribution in [3.05, 3.63) is 65.5 Å². The van der Waals surface area contributed by atoms with Crippen LogP contribution < -0.4 is 0 Å². The number of alkyl halides is 3. The van der Waals surface area contributed by atoms with E-state index in [9.17, 15) is 21.6 Å². The van der Waals surface area contributed by atoms with Gasteiger partial charge in [-0.05, 0) is 29.3 Å². The van der Waals surface area contributed by atoms with Gasteiger partial charge in [-0.25, -0.2) is 8.42 Å². The molecule has 0 aliphatic carbocycles. The van der Waals surface area contributed by atoms with Crippen LogP contribution in [-0.4, -0.2) is 55.0 Å². The molecule has 9 heteroatoms. The number of halogens is 3. The van der Waals surface area contributed by atoms with E-state index < -0.39 is 21.8 Å². The molecule has 5 nitrogen and oxygen atoms in total. The van der Waals surface area contributed by atoms with Crippen molar-refractivity contribution in [3.8, 4) is 0 Å². The van der Waals surface area contributed by atoms with E-state index in [0.717, 1.165) is 17.7 Å². The number of piperazine rings is 1. The van der Waals surface area contributed by atoms with Gasteiger partial charge in [0.2, 0.25) is 10.0 Å². The van der Waals surface area contributed by atoms with Crippen molar-refractivity contribution >= 4 is 10.0 Å². The molecule has 1 aliphatic rings. The highest BCUT2D eigenvalue weighted by Gasteiger charge is 2.32. The lowest BCUT2D eigenvalue weighted by Gasteiger charge is -2.38. The molecule has 0 radical (unpaired) electrons. The Morgan fingerprint density at radius 3 is 2.11 bits per heavy atom. The Labute approximate surface area is 156 Å². The largest absolute Gasteiger partial charge is 0.416 e. The number of rotatable bonds is 4. The van der Waals surface area contributed by atoms with Gasteiger partial charge in [-0.15, -0.1) is 0 Å². The van der Waals surface area contributed by atoms with Gasteiger partial charge in [0.15, 0.2) is 0 Å². The maximum absolute atomic E-state index is 12.9. The second-order valence-corrected chi connectivity index (χ2v) is 8.49. The molecule has 2 heterocycles. The van der Waals surface area contributed by atoms with E-state index in [2.05, 4.69) is 9.88 Å². The van der Waals surface area contributed by atoms with E-state index in [4.69, 9.17) is 0 Å². The van der Waals surface area contributed by atoms with E-state index in [0.29, 0.717) is 31.7 Å². The van der Waals surface area contributed by atoms with Crippen molar-refractivity contribution in [1.82, 2.24) is 14.2 Å². The molecule has 0 amide bonds. The molecule has 1 aliphatic heterocycles. The SMILES string of the molecule is CS(=O)(=O)N1CCN(C(c2ccc(C(F)(F)F)cc2)c2cccnc2)CC1. The third kappa shape index (κ3) is 4.66. The van der Waals surface area contributed by atoms with Gasteiger partial charge in [0, 0.05) is 38.6 Å². The summed E-state index contributed by atoms with van der Waals surface area (Å²) < 4.78 is 63.5. The number of benzene rings is 1. The van der Waals surface area contributed by atoms with Crippen LogP contribution >= 0.6 is 0 Å². The fourth-order valence-corrected chi connectivity index (χ4v) is 4.13. The van der Waals surface area contributed by atoms with E-state index in [-0.39, 0.29) is 6.04 Å². The van der Waals surface area contributed by atoms with E-state index in [1.807, 2.05) is 6.07 Å². The van der Waals surface area contributed by atoms with Gasteiger partial charge in [-0.3, -0.25) is 9.88 Å². The van der Waals surface area contributed by atoms with Crippen molar-refractivity contribution in [2.75, 3.05) is 32.4 Å². The van der Waals surface area contributed by atoms with Crippen LogP contribution in [0.15, 0.2) is 48.8 Å². The predicted molar refractivity (Wildman–Crippen MR) is 95.5 cm³/mol. The Kier molecular flexibility index (Phi) is 5.55. The molecule has 0 N–H and O–H groups in total. The second kappa shape index (κ2) is 7.57. The smallest absolute Gasteiger partial charge is 0.290 e. The Morgan fingerprint density at radius 2 is 1.63 bits per heavy atom. The van der Waals surface area contributed by atoms with Crippen LogP contribution in [0.3, 0.4) is 0 Å². The minimum atomic E-state index is -4.39. The summed E-state index contributed by atoms with van der Waals surface area (Å²) in [7, 11) is -3.26. The minimum Gasteiger partial charge on any atom is -0.290 e. The summed E-state index contributed by atoms with van der Waals surface area (Å²) in [5.41, 5.74) is 0.868. The molecule has 1 aromatic carbocycles. The second-order valence-electron chi connectivity index (χ2n) is 6.51. The first-order valence-electron chi connectivity index (χ1n) is 8.42. The van der Waals surface area contributed by atoms with Crippen LogP contribution in [0.25, 0.3) is 0 Å². The first kappa shape index (κ1) is 19.8. The van der Waals surface area contributed by atoms with Crippen LogP contribution in [0.2, 0.25) is 0 Å². The molecule has 2 aromatic rings. The van der Waals surface area contributed by atoms with E-state index in [1.165, 1.54) is 22.7 Å². The summed E-state index contributed by atoms with van der Waals surface area (Å²) in [4.78, 5) is 6.19. The first-order chi connectivity index (χ1) is 12.7. The first-order valence-corrected chi connectivity index (χ1v) is 10.3. The lowest BCUT2D eigenvalue weighted by molar-refractivity contribution is -0.137. The summed E-state index contributed by atoms with van der Waals surface area (Å²) in [6, 6.07) is 8.46. The molecule has 1 saturated heterocycles. The zero-order chi connectivity index (χ0) is 19.7. The fourth-order valence-electron chi connectivity index (χ4n) is 3.30. The zero-order valence-corrected chi connectivity index (χ0v) is 15.5. The van der Waals surface area contributed by atoms with Crippen LogP contribution in [0, 0.1) is 0 Å². The summed E-state index contributed by atoms with van der Waals surface area (Å²) >= 11 is 0. The van der Waals surface area contributed by atoms with Crippen LogP contribution in [0.5, 0.6) is 0 Å². The van der Waals surface area contributed by atoms with Crippen LogP contribution in [0.4, 0.5) is 13.2 Å². The molecule has 146 valence electrons. The van der Waals surface area contributed by atoms with Gasteiger partial charge in [0.05, 0.1) is 17.9 Å². The Morgan fingerprint density at radius 1 is 1.00 bits per heavy atom. The Balaban J connectivity index is 1.89. The van der Waals surface area contributed by atoms with Gasteiger partial charge in [0.1, 0.15) is 0 Å². The van der Waals surface area contributed by atoms with E-state index >= 15 is 0 Å².